The molecule has 0 amide bonds. The highest BCUT2D eigenvalue weighted by atomic mass is 35.5. The fraction of sp³-hybridized carbons (Fsp3) is 0.417. The Hall–Kier alpha value is -1.83. The van der Waals surface area contributed by atoms with Crippen molar-refractivity contribution in [2.24, 2.45) is 7.05 Å². The number of alkyl halides is 3. The van der Waals surface area contributed by atoms with E-state index in [0.29, 0.717) is 6.54 Å². The lowest BCUT2D eigenvalue weighted by atomic mass is 10.2. The van der Waals surface area contributed by atoms with E-state index in [9.17, 15) is 13.2 Å². The van der Waals surface area contributed by atoms with Gasteiger partial charge in [-0.25, -0.2) is 9.97 Å². The molecule has 1 N–H and O–H groups in total. The molecule has 9 heteroatoms. The van der Waals surface area contributed by atoms with Crippen LogP contribution in [0.1, 0.15) is 22.8 Å². The number of hydrogen-bond acceptors (Lipinski definition) is 4. The van der Waals surface area contributed by atoms with Gasteiger partial charge in [-0.1, -0.05) is 11.6 Å². The summed E-state index contributed by atoms with van der Waals surface area (Å²) in [5.74, 6) is -1.25. The van der Waals surface area contributed by atoms with Crippen molar-refractivity contribution in [3.05, 3.63) is 34.0 Å². The largest absolute Gasteiger partial charge is 0.451 e. The molecule has 0 aliphatic heterocycles. The summed E-state index contributed by atoms with van der Waals surface area (Å²) in [5, 5.41) is 6.79. The van der Waals surface area contributed by atoms with Gasteiger partial charge < -0.3 is 5.32 Å². The van der Waals surface area contributed by atoms with Crippen LogP contribution in [0, 0.1) is 13.8 Å². The second-order valence-corrected chi connectivity index (χ2v) is 4.91. The van der Waals surface area contributed by atoms with E-state index in [1.165, 1.54) is 6.07 Å². The fourth-order valence-electron chi connectivity index (χ4n) is 1.89. The normalized spacial score (nSPS) is 11.8. The zero-order chi connectivity index (χ0) is 15.8. The van der Waals surface area contributed by atoms with E-state index < -0.39 is 12.0 Å². The van der Waals surface area contributed by atoms with Gasteiger partial charge in [0.15, 0.2) is 0 Å². The molecule has 0 saturated carbocycles. The van der Waals surface area contributed by atoms with Crippen molar-refractivity contribution >= 4 is 17.4 Å². The van der Waals surface area contributed by atoms with Gasteiger partial charge in [0.2, 0.25) is 5.82 Å². The molecule has 114 valence electrons. The van der Waals surface area contributed by atoms with Crippen LogP contribution in [0.5, 0.6) is 0 Å². The van der Waals surface area contributed by atoms with Gasteiger partial charge >= 0.3 is 6.18 Å². The summed E-state index contributed by atoms with van der Waals surface area (Å²) in [7, 11) is 1.80. The Kier molecular flexibility index (Phi) is 4.08. The zero-order valence-electron chi connectivity index (χ0n) is 11.6. The van der Waals surface area contributed by atoms with Gasteiger partial charge in [0.05, 0.1) is 5.69 Å². The first kappa shape index (κ1) is 15.6. The summed E-state index contributed by atoms with van der Waals surface area (Å²) in [4.78, 5) is 6.60. The van der Waals surface area contributed by atoms with Gasteiger partial charge in [0.1, 0.15) is 11.0 Å². The molecule has 0 spiro atoms. The molecule has 2 heterocycles. The summed E-state index contributed by atoms with van der Waals surface area (Å²) in [6.07, 6.45) is -4.64. The monoisotopic (exact) mass is 319 g/mol. The van der Waals surface area contributed by atoms with Crippen molar-refractivity contribution in [3.63, 3.8) is 0 Å². The van der Waals surface area contributed by atoms with Crippen LogP contribution < -0.4 is 5.32 Å². The van der Waals surface area contributed by atoms with E-state index in [-0.39, 0.29) is 11.0 Å². The molecule has 0 unspecified atom stereocenters. The summed E-state index contributed by atoms with van der Waals surface area (Å²) in [6, 6.07) is 1.25. The number of rotatable bonds is 3. The SMILES string of the molecule is Cc1nn(C)c(C)c1CNc1cc(Cl)nc(C(F)(F)F)n1. The standard InChI is InChI=1S/C12H13ClF3N5/c1-6-8(7(2)21(3)20-6)5-17-10-4-9(13)18-11(19-10)12(14,15)16/h4H,5H2,1-3H3,(H,17,18,19). The molecule has 2 rings (SSSR count). The van der Waals surface area contributed by atoms with E-state index in [4.69, 9.17) is 11.6 Å². The predicted octanol–water partition coefficient (Wildman–Crippen LogP) is 3.11. The van der Waals surface area contributed by atoms with Gasteiger partial charge in [0.25, 0.3) is 0 Å². The van der Waals surface area contributed by atoms with Gasteiger partial charge in [-0.2, -0.15) is 18.3 Å². The van der Waals surface area contributed by atoms with Crippen molar-refractivity contribution in [2.75, 3.05) is 5.32 Å². The maximum absolute atomic E-state index is 12.6. The minimum atomic E-state index is -4.64. The third kappa shape index (κ3) is 3.44. The summed E-state index contributed by atoms with van der Waals surface area (Å²) >= 11 is 5.60. The average Bonchev–Trinajstić information content (AvgIpc) is 2.59. The highest BCUT2D eigenvalue weighted by Gasteiger charge is 2.35. The first-order valence-electron chi connectivity index (χ1n) is 6.03. The lowest BCUT2D eigenvalue weighted by molar-refractivity contribution is -0.144. The van der Waals surface area contributed by atoms with E-state index >= 15 is 0 Å². The van der Waals surface area contributed by atoms with E-state index in [0.717, 1.165) is 17.0 Å². The fourth-order valence-corrected chi connectivity index (χ4v) is 2.07. The Morgan fingerprint density at radius 2 is 1.95 bits per heavy atom. The summed E-state index contributed by atoms with van der Waals surface area (Å²) < 4.78 is 39.6. The molecule has 0 fully saturated rings. The van der Waals surface area contributed by atoms with Gasteiger partial charge in [-0.3, -0.25) is 4.68 Å². The lowest BCUT2D eigenvalue weighted by Gasteiger charge is -2.10. The Balaban J connectivity index is 2.22. The van der Waals surface area contributed by atoms with Crippen LogP contribution in [0.25, 0.3) is 0 Å². The lowest BCUT2D eigenvalue weighted by Crippen LogP contribution is -2.13. The smallest absolute Gasteiger partial charge is 0.366 e. The van der Waals surface area contributed by atoms with Gasteiger partial charge in [0, 0.05) is 30.9 Å². The first-order chi connectivity index (χ1) is 9.68. The number of nitrogens with zero attached hydrogens (tertiary/aromatic N) is 4. The summed E-state index contributed by atoms with van der Waals surface area (Å²) in [5.41, 5.74) is 2.63. The zero-order valence-corrected chi connectivity index (χ0v) is 12.3. The molecule has 2 aromatic rings. The third-order valence-electron chi connectivity index (χ3n) is 3.05. The van der Waals surface area contributed by atoms with Crippen LogP contribution >= 0.6 is 11.6 Å². The quantitative estimate of drug-likeness (QED) is 0.883. The average molecular weight is 320 g/mol. The molecular formula is C12H13ClF3N5. The van der Waals surface area contributed by atoms with Crippen molar-refractivity contribution in [1.82, 2.24) is 19.7 Å². The third-order valence-corrected chi connectivity index (χ3v) is 3.25. The van der Waals surface area contributed by atoms with E-state index in [2.05, 4.69) is 20.4 Å². The van der Waals surface area contributed by atoms with Crippen LogP contribution in [0.4, 0.5) is 19.0 Å². The van der Waals surface area contributed by atoms with Crippen LogP contribution in [0.2, 0.25) is 5.15 Å². The Labute approximate surface area is 124 Å². The molecule has 0 aliphatic carbocycles. The first-order valence-corrected chi connectivity index (χ1v) is 6.41. The Morgan fingerprint density at radius 1 is 1.29 bits per heavy atom. The summed E-state index contributed by atoms with van der Waals surface area (Å²) in [6.45, 7) is 4.01. The molecule has 0 bridgehead atoms. The van der Waals surface area contributed by atoms with Gasteiger partial charge in [-0.15, -0.1) is 0 Å². The number of halogens is 4. The highest BCUT2D eigenvalue weighted by molar-refractivity contribution is 6.29. The molecule has 5 nitrogen and oxygen atoms in total. The van der Waals surface area contributed by atoms with Crippen LogP contribution in [-0.4, -0.2) is 19.7 Å². The van der Waals surface area contributed by atoms with E-state index in [1.54, 1.807) is 11.7 Å². The van der Waals surface area contributed by atoms with Crippen molar-refractivity contribution in [1.29, 1.82) is 0 Å². The van der Waals surface area contributed by atoms with Crippen LogP contribution in [0.3, 0.4) is 0 Å². The molecule has 0 aromatic carbocycles. The number of nitrogens with one attached hydrogen (secondary N) is 1. The molecule has 21 heavy (non-hydrogen) atoms. The number of aryl methyl sites for hydroxylation is 2. The Morgan fingerprint density at radius 3 is 2.48 bits per heavy atom. The predicted molar refractivity (Wildman–Crippen MR) is 72.1 cm³/mol. The molecule has 0 aliphatic rings. The van der Waals surface area contributed by atoms with E-state index in [1.807, 2.05) is 13.8 Å². The Bertz CT molecular complexity index is 666. The minimum Gasteiger partial charge on any atom is -0.366 e. The second kappa shape index (κ2) is 5.51. The molecule has 2 aromatic heterocycles. The highest BCUT2D eigenvalue weighted by Crippen LogP contribution is 2.28. The van der Waals surface area contributed by atoms with Crippen molar-refractivity contribution in [3.8, 4) is 0 Å². The second-order valence-electron chi connectivity index (χ2n) is 4.52. The molecule has 0 atom stereocenters. The number of aromatic nitrogens is 4. The maximum atomic E-state index is 12.6. The molecule has 0 radical (unpaired) electrons. The maximum Gasteiger partial charge on any atom is 0.451 e. The van der Waals surface area contributed by atoms with Crippen molar-refractivity contribution < 1.29 is 13.2 Å². The van der Waals surface area contributed by atoms with Crippen LogP contribution in [0.15, 0.2) is 6.07 Å². The molecule has 0 saturated heterocycles. The van der Waals surface area contributed by atoms with Gasteiger partial charge in [-0.05, 0) is 13.8 Å². The van der Waals surface area contributed by atoms with Crippen LogP contribution in [-0.2, 0) is 19.8 Å². The minimum absolute atomic E-state index is 0.0185. The number of anilines is 1. The topological polar surface area (TPSA) is 55.6 Å². The van der Waals surface area contributed by atoms with Crippen molar-refractivity contribution in [2.45, 2.75) is 26.6 Å². The molecular weight excluding hydrogens is 307 g/mol. The number of hydrogen-bond donors (Lipinski definition) is 1.